The van der Waals surface area contributed by atoms with Crippen molar-refractivity contribution >= 4 is 17.7 Å². The first-order valence-corrected chi connectivity index (χ1v) is 21.0. The average Bonchev–Trinajstić information content (AvgIpc) is 3.25. The molecule has 1 saturated carbocycles. The summed E-state index contributed by atoms with van der Waals surface area (Å²) in [6, 6.07) is 22.9. The lowest BCUT2D eigenvalue weighted by molar-refractivity contribution is -0.252. The fraction of sp³-hybridized carbons (Fsp3) is 0.458. The van der Waals surface area contributed by atoms with Crippen molar-refractivity contribution < 1.29 is 38.9 Å². The number of aliphatic hydroxyl groups is 2. The summed E-state index contributed by atoms with van der Waals surface area (Å²) in [5.41, 5.74) is 3.55. The molecule has 12 heteroatoms. The van der Waals surface area contributed by atoms with Crippen LogP contribution in [-0.4, -0.2) is 77.1 Å². The number of nitrogens with zero attached hydrogens (tertiary/aromatic N) is 3. The van der Waals surface area contributed by atoms with Crippen LogP contribution < -0.4 is 14.8 Å². The highest BCUT2D eigenvalue weighted by atomic mass is 16.7. The van der Waals surface area contributed by atoms with E-state index in [0.717, 1.165) is 42.4 Å². The Hall–Kier alpha value is -5.48. The Morgan fingerprint density at radius 3 is 2.42 bits per heavy atom. The van der Waals surface area contributed by atoms with Crippen molar-refractivity contribution in [1.82, 2.24) is 10.2 Å². The van der Waals surface area contributed by atoms with E-state index in [-0.39, 0.29) is 49.9 Å². The van der Waals surface area contributed by atoms with Crippen LogP contribution in [0.1, 0.15) is 98.7 Å². The Labute approximate surface area is 353 Å². The molecule has 2 aliphatic carbocycles. The zero-order chi connectivity index (χ0) is 42.9. The van der Waals surface area contributed by atoms with E-state index in [1.165, 1.54) is 0 Å². The summed E-state index contributed by atoms with van der Waals surface area (Å²) in [7, 11) is 1.74. The minimum atomic E-state index is -1.45. The smallest absolute Gasteiger partial charge is 0.412 e. The number of benzene rings is 3. The summed E-state index contributed by atoms with van der Waals surface area (Å²) >= 11 is 0. The van der Waals surface area contributed by atoms with E-state index in [2.05, 4.69) is 24.0 Å². The van der Waals surface area contributed by atoms with Gasteiger partial charge < -0.3 is 39.5 Å². The highest BCUT2D eigenvalue weighted by Gasteiger charge is 2.65. The van der Waals surface area contributed by atoms with Crippen LogP contribution >= 0.6 is 0 Å². The predicted molar refractivity (Wildman–Crippen MR) is 228 cm³/mol. The van der Waals surface area contributed by atoms with Gasteiger partial charge in [-0.3, -0.25) is 4.79 Å². The molecule has 3 aromatic carbocycles. The second-order valence-electron chi connectivity index (χ2n) is 16.8. The van der Waals surface area contributed by atoms with Gasteiger partial charge in [0.1, 0.15) is 23.1 Å². The monoisotopic (exact) mass is 818 g/mol. The Morgan fingerprint density at radius 2 is 1.75 bits per heavy atom. The number of carbonyl (C=O) groups excluding carboxylic acids is 2. The highest BCUT2D eigenvalue weighted by Crippen LogP contribution is 2.62. The number of hydrogen-bond donors (Lipinski definition) is 3. The Kier molecular flexibility index (Phi) is 14.5. The second-order valence-corrected chi connectivity index (χ2v) is 16.8. The van der Waals surface area contributed by atoms with Crippen LogP contribution in [0.25, 0.3) is 0 Å². The largest absolute Gasteiger partial charge is 0.459 e. The van der Waals surface area contributed by atoms with Gasteiger partial charge in [0.25, 0.3) is 5.91 Å². The third-order valence-electron chi connectivity index (χ3n) is 11.6. The van der Waals surface area contributed by atoms with Crippen LogP contribution in [-0.2, 0) is 16.1 Å². The molecule has 3 aromatic rings. The maximum absolute atomic E-state index is 14.5. The fourth-order valence-corrected chi connectivity index (χ4v) is 8.93. The predicted octanol–water partition coefficient (Wildman–Crippen LogP) is 8.05. The van der Waals surface area contributed by atoms with Crippen LogP contribution in [0, 0.1) is 29.1 Å². The van der Waals surface area contributed by atoms with Gasteiger partial charge in [-0.15, -0.1) is 6.58 Å². The molecular weight excluding hydrogens is 761 g/mol. The number of amides is 2. The first kappa shape index (κ1) is 44.1. The standard InChI is InChI=1S/C48H58N4O8/c1-6-26-57-48-42(52(5)45(55)34-20-18-32(30-49)19-21-34)29-40(51-60-47(2,3)4)38-27-35(16-10-12-24-53)37(17-11-13-25-54)43(44(38)48)39-28-36(22-23-41(39)59-48)58-46(56)50-31-33-14-8-7-9-15-33/h6-9,14-15,18-23,27-28,35,37,42-44,53-54H,1,10-13,16-17,24-26,29,31H2,2-5H3,(H,50,56). The van der Waals surface area contributed by atoms with Gasteiger partial charge in [-0.05, 0) is 112 Å². The van der Waals surface area contributed by atoms with Gasteiger partial charge in [-0.25, -0.2) is 4.79 Å². The first-order valence-electron chi connectivity index (χ1n) is 21.0. The van der Waals surface area contributed by atoms with Crippen LogP contribution in [0.15, 0.2) is 102 Å². The zero-order valence-corrected chi connectivity index (χ0v) is 35.1. The number of aliphatic hydroxyl groups excluding tert-OH is 2. The molecule has 6 atom stereocenters. The number of oxime groups is 1. The number of allylic oxidation sites excluding steroid dienone is 1. The zero-order valence-electron chi connectivity index (χ0n) is 35.1. The summed E-state index contributed by atoms with van der Waals surface area (Å²) in [6.07, 6.45) is 7.95. The lowest BCUT2D eigenvalue weighted by Gasteiger charge is -2.59. The van der Waals surface area contributed by atoms with E-state index in [9.17, 15) is 25.1 Å². The molecule has 6 unspecified atom stereocenters. The Balaban J connectivity index is 1.52. The topological polar surface area (TPSA) is 163 Å². The highest BCUT2D eigenvalue weighted by molar-refractivity contribution is 6.03. The molecule has 3 aliphatic rings. The van der Waals surface area contributed by atoms with Gasteiger partial charge in [0.15, 0.2) is 0 Å². The quantitative estimate of drug-likeness (QED) is 0.0695. The van der Waals surface area contributed by atoms with Gasteiger partial charge in [-0.1, -0.05) is 60.5 Å². The van der Waals surface area contributed by atoms with Gasteiger partial charge >= 0.3 is 6.09 Å². The number of ether oxygens (including phenoxy) is 3. The molecule has 60 heavy (non-hydrogen) atoms. The normalized spacial score (nSPS) is 23.5. The minimum absolute atomic E-state index is 0.0106. The molecule has 12 nitrogen and oxygen atoms in total. The van der Waals surface area contributed by atoms with E-state index in [4.69, 9.17) is 24.2 Å². The molecule has 0 bridgehead atoms. The first-order chi connectivity index (χ1) is 28.9. The molecule has 3 N–H and O–H groups in total. The molecule has 1 aliphatic heterocycles. The molecule has 0 saturated heterocycles. The van der Waals surface area contributed by atoms with Crippen molar-refractivity contribution in [2.45, 2.75) is 95.6 Å². The van der Waals surface area contributed by atoms with Crippen LogP contribution in [0.2, 0.25) is 0 Å². The molecule has 6 rings (SSSR count). The van der Waals surface area contributed by atoms with Crippen molar-refractivity contribution in [3.05, 3.63) is 119 Å². The van der Waals surface area contributed by atoms with E-state index < -0.39 is 29.4 Å². The third kappa shape index (κ3) is 9.92. The van der Waals surface area contributed by atoms with Crippen LogP contribution in [0.5, 0.6) is 11.5 Å². The molecular formula is C48H58N4O8. The molecule has 318 valence electrons. The maximum Gasteiger partial charge on any atom is 0.412 e. The number of unbranched alkanes of at least 4 members (excludes halogenated alkanes) is 2. The maximum atomic E-state index is 14.5. The molecule has 1 fully saturated rings. The van der Waals surface area contributed by atoms with Gasteiger partial charge in [0, 0.05) is 50.3 Å². The van der Waals surface area contributed by atoms with E-state index in [0.29, 0.717) is 47.7 Å². The van der Waals surface area contributed by atoms with Crippen molar-refractivity contribution in [3.63, 3.8) is 0 Å². The van der Waals surface area contributed by atoms with Gasteiger partial charge in [0.05, 0.1) is 29.9 Å². The minimum Gasteiger partial charge on any atom is -0.459 e. The number of hydrogen-bond acceptors (Lipinski definition) is 10. The molecule has 0 spiro atoms. The lowest BCUT2D eigenvalue weighted by Crippen LogP contribution is -2.69. The van der Waals surface area contributed by atoms with Crippen LogP contribution in [0.3, 0.4) is 0 Å². The van der Waals surface area contributed by atoms with Crippen molar-refractivity contribution in [3.8, 4) is 17.6 Å². The summed E-state index contributed by atoms with van der Waals surface area (Å²) in [4.78, 5) is 35.5. The van der Waals surface area contributed by atoms with Crippen molar-refractivity contribution in [1.29, 1.82) is 5.26 Å². The fourth-order valence-electron chi connectivity index (χ4n) is 8.93. The Bertz CT molecular complexity index is 2070. The molecule has 0 radical (unpaired) electrons. The van der Waals surface area contributed by atoms with Crippen molar-refractivity contribution in [2.75, 3.05) is 26.9 Å². The molecule has 1 heterocycles. The number of nitrogens with one attached hydrogen (secondary N) is 1. The van der Waals surface area contributed by atoms with Gasteiger partial charge in [0.2, 0.25) is 5.79 Å². The van der Waals surface area contributed by atoms with E-state index in [1.54, 1.807) is 54.4 Å². The summed E-state index contributed by atoms with van der Waals surface area (Å²) < 4.78 is 20.1. The summed E-state index contributed by atoms with van der Waals surface area (Å²) in [5, 5.41) is 36.9. The number of likely N-dealkylation sites (N-methyl/N-ethyl adjacent to an activating group) is 1. The lowest BCUT2D eigenvalue weighted by atomic mass is 9.55. The molecule has 0 aromatic heterocycles. The van der Waals surface area contributed by atoms with Crippen LogP contribution in [0.4, 0.5) is 4.79 Å². The average molecular weight is 819 g/mol. The molecule has 2 amide bonds. The van der Waals surface area contributed by atoms with Gasteiger partial charge in [-0.2, -0.15) is 5.26 Å². The number of carbonyl (C=O) groups is 2. The summed E-state index contributed by atoms with van der Waals surface area (Å²) in [6.45, 7) is 10.3. The van der Waals surface area contributed by atoms with E-state index >= 15 is 0 Å². The van der Waals surface area contributed by atoms with E-state index in [1.807, 2.05) is 57.2 Å². The van der Waals surface area contributed by atoms with Crippen molar-refractivity contribution in [2.24, 2.45) is 22.9 Å². The number of nitriles is 1. The number of fused-ring (bicyclic) bond motifs is 2. The number of rotatable bonds is 17. The Morgan fingerprint density at radius 1 is 1.03 bits per heavy atom. The second kappa shape index (κ2) is 19.7. The SMILES string of the molecule is C=CCOC12Oc3ccc(OC(=O)NCc4ccccc4)cc3C3C(CCCCO)C(CCCCO)C=C(C(=NOC(C)(C)C)CC1N(C)C(=O)c1ccc(C#N)cc1)C32. The summed E-state index contributed by atoms with van der Waals surface area (Å²) in [5.74, 6) is -1.67. The third-order valence-corrected chi connectivity index (χ3v) is 11.6.